The second-order valence-electron chi connectivity index (χ2n) is 7.21. The van der Waals surface area contributed by atoms with Gasteiger partial charge in [0.25, 0.3) is 0 Å². The number of aryl methyl sites for hydroxylation is 1. The minimum absolute atomic E-state index is 0.0155. The first-order valence-corrected chi connectivity index (χ1v) is 11.6. The smallest absolute Gasteiger partial charge is 0.339 e. The predicted molar refractivity (Wildman–Crippen MR) is 123 cm³/mol. The number of hydrogen-bond acceptors (Lipinski definition) is 8. The minimum atomic E-state index is -4.14. The molecular formula is C24H24N2O7S. The molecule has 1 heterocycles. The summed E-state index contributed by atoms with van der Waals surface area (Å²) in [5.74, 6) is -0.837. The van der Waals surface area contributed by atoms with E-state index in [9.17, 15) is 18.0 Å². The summed E-state index contributed by atoms with van der Waals surface area (Å²) in [6.45, 7) is 0.841. The summed E-state index contributed by atoms with van der Waals surface area (Å²) in [5, 5.41) is 0. The molecule has 3 aromatic rings. The lowest BCUT2D eigenvalue weighted by atomic mass is 10.2. The summed E-state index contributed by atoms with van der Waals surface area (Å²) >= 11 is 0. The molecule has 0 atom stereocenters. The monoisotopic (exact) mass is 484 g/mol. The van der Waals surface area contributed by atoms with E-state index in [1.54, 1.807) is 36.4 Å². The van der Waals surface area contributed by atoms with Crippen LogP contribution < -0.4 is 4.74 Å². The summed E-state index contributed by atoms with van der Waals surface area (Å²) < 4.78 is 42.9. The summed E-state index contributed by atoms with van der Waals surface area (Å²) in [5.41, 5.74) is 0.968. The maximum atomic E-state index is 13.4. The number of rotatable bonds is 9. The van der Waals surface area contributed by atoms with Crippen LogP contribution in [0.3, 0.4) is 0 Å². The number of para-hydroxylation sites is 1. The number of methoxy groups -OCH3 is 2. The normalized spacial score (nSPS) is 11.2. The van der Waals surface area contributed by atoms with Gasteiger partial charge in [-0.2, -0.15) is 4.31 Å². The molecule has 0 aliphatic heterocycles. The van der Waals surface area contributed by atoms with Crippen molar-refractivity contribution in [1.29, 1.82) is 0 Å². The molecule has 0 saturated carbocycles. The number of nitrogens with zero attached hydrogens (tertiary/aromatic N) is 2. The highest BCUT2D eigenvalue weighted by Gasteiger charge is 2.29. The molecule has 0 radical (unpaired) electrons. The molecule has 0 unspecified atom stereocenters. The van der Waals surface area contributed by atoms with Gasteiger partial charge in [-0.25, -0.2) is 18.2 Å². The predicted octanol–water partition coefficient (Wildman–Crippen LogP) is 3.33. The fourth-order valence-corrected chi connectivity index (χ4v) is 4.37. The zero-order chi connectivity index (χ0) is 24.7. The highest BCUT2D eigenvalue weighted by molar-refractivity contribution is 7.89. The maximum absolute atomic E-state index is 13.4. The molecule has 34 heavy (non-hydrogen) atoms. The van der Waals surface area contributed by atoms with Gasteiger partial charge in [0.05, 0.1) is 36.9 Å². The van der Waals surface area contributed by atoms with Crippen molar-refractivity contribution in [2.45, 2.75) is 18.4 Å². The highest BCUT2D eigenvalue weighted by Crippen LogP contribution is 2.24. The van der Waals surface area contributed by atoms with Crippen LogP contribution in [0.5, 0.6) is 11.6 Å². The lowest BCUT2D eigenvalue weighted by molar-refractivity contribution is -0.140. The van der Waals surface area contributed by atoms with E-state index in [1.165, 1.54) is 31.4 Å². The molecule has 0 amide bonds. The van der Waals surface area contributed by atoms with Gasteiger partial charge in [-0.05, 0) is 37.3 Å². The number of carbonyl (C=O) groups is 2. The number of ether oxygens (including phenoxy) is 3. The Labute approximate surface area is 198 Å². The minimum Gasteiger partial charge on any atom is -0.468 e. The number of sulfonamides is 1. The first kappa shape index (κ1) is 24.9. The summed E-state index contributed by atoms with van der Waals surface area (Å²) in [4.78, 5) is 28.8. The number of esters is 2. The van der Waals surface area contributed by atoms with Crippen molar-refractivity contribution in [3.8, 4) is 11.6 Å². The third-order valence-electron chi connectivity index (χ3n) is 4.84. The zero-order valence-electron chi connectivity index (χ0n) is 18.9. The Morgan fingerprint density at radius 3 is 2.21 bits per heavy atom. The Balaban J connectivity index is 2.03. The maximum Gasteiger partial charge on any atom is 0.339 e. The van der Waals surface area contributed by atoms with Crippen LogP contribution in [-0.2, 0) is 30.8 Å². The molecular weight excluding hydrogens is 460 g/mol. The molecule has 0 fully saturated rings. The molecule has 0 aliphatic rings. The van der Waals surface area contributed by atoms with Gasteiger partial charge in [0.15, 0.2) is 0 Å². The third-order valence-corrected chi connectivity index (χ3v) is 6.64. The Kier molecular flexibility index (Phi) is 7.98. The van der Waals surface area contributed by atoms with Gasteiger partial charge in [-0.15, -0.1) is 0 Å². The SMILES string of the molecule is COC(=O)CN(Cc1nc(Oc2ccccc2)ccc1C(=O)OC)S(=O)(=O)c1ccc(C)cc1. The molecule has 178 valence electrons. The van der Waals surface area contributed by atoms with Crippen molar-refractivity contribution in [1.82, 2.24) is 9.29 Å². The number of hydrogen-bond donors (Lipinski definition) is 0. The summed E-state index contributed by atoms with van der Waals surface area (Å²) in [7, 11) is -1.78. The molecule has 0 bridgehead atoms. The van der Waals surface area contributed by atoms with Crippen LogP contribution in [0.2, 0.25) is 0 Å². The second-order valence-corrected chi connectivity index (χ2v) is 9.15. The van der Waals surface area contributed by atoms with E-state index in [0.717, 1.165) is 17.0 Å². The van der Waals surface area contributed by atoms with E-state index < -0.39 is 35.1 Å². The van der Waals surface area contributed by atoms with Gasteiger partial charge in [0.2, 0.25) is 15.9 Å². The van der Waals surface area contributed by atoms with Gasteiger partial charge in [0.1, 0.15) is 12.3 Å². The van der Waals surface area contributed by atoms with Gasteiger partial charge < -0.3 is 14.2 Å². The van der Waals surface area contributed by atoms with Gasteiger partial charge >= 0.3 is 11.9 Å². The van der Waals surface area contributed by atoms with Crippen LogP contribution in [0.1, 0.15) is 21.6 Å². The Morgan fingerprint density at radius 2 is 1.59 bits per heavy atom. The van der Waals surface area contributed by atoms with Gasteiger partial charge in [-0.3, -0.25) is 4.79 Å². The van der Waals surface area contributed by atoms with Crippen molar-refractivity contribution in [3.63, 3.8) is 0 Å². The highest BCUT2D eigenvalue weighted by atomic mass is 32.2. The third kappa shape index (κ3) is 5.97. The number of carbonyl (C=O) groups excluding carboxylic acids is 2. The first-order chi connectivity index (χ1) is 16.2. The number of aromatic nitrogens is 1. The van der Waals surface area contributed by atoms with Crippen LogP contribution in [-0.4, -0.2) is 50.4 Å². The average Bonchev–Trinajstić information content (AvgIpc) is 2.84. The van der Waals surface area contributed by atoms with Crippen molar-refractivity contribution in [3.05, 3.63) is 83.6 Å². The van der Waals surface area contributed by atoms with E-state index in [0.29, 0.717) is 5.75 Å². The fraction of sp³-hybridized carbons (Fsp3) is 0.208. The van der Waals surface area contributed by atoms with Crippen LogP contribution in [0, 0.1) is 6.92 Å². The fourth-order valence-electron chi connectivity index (χ4n) is 3.02. The van der Waals surface area contributed by atoms with E-state index in [1.807, 2.05) is 13.0 Å². The van der Waals surface area contributed by atoms with Crippen molar-refractivity contribution < 1.29 is 32.2 Å². The van der Waals surface area contributed by atoms with Crippen LogP contribution in [0.25, 0.3) is 0 Å². The Morgan fingerprint density at radius 1 is 0.912 bits per heavy atom. The number of pyridine rings is 1. The molecule has 10 heteroatoms. The molecule has 2 aromatic carbocycles. The summed E-state index contributed by atoms with van der Waals surface area (Å²) in [6.07, 6.45) is 0. The van der Waals surface area contributed by atoms with E-state index in [-0.39, 0.29) is 22.0 Å². The standard InChI is InChI=1S/C24H24N2O7S/c1-17-9-11-19(12-10-17)34(29,30)26(16-23(27)31-2)15-21-20(24(28)32-3)13-14-22(25-21)33-18-7-5-4-6-8-18/h4-14H,15-16H2,1-3H3. The van der Waals surface area contributed by atoms with Gasteiger partial charge in [0, 0.05) is 6.07 Å². The molecule has 1 aromatic heterocycles. The van der Waals surface area contributed by atoms with Crippen LogP contribution in [0.4, 0.5) is 0 Å². The lowest BCUT2D eigenvalue weighted by Crippen LogP contribution is -2.36. The summed E-state index contributed by atoms with van der Waals surface area (Å²) in [6, 6.07) is 17.9. The van der Waals surface area contributed by atoms with Crippen LogP contribution in [0.15, 0.2) is 71.6 Å². The lowest BCUT2D eigenvalue weighted by Gasteiger charge is -2.22. The zero-order valence-corrected chi connectivity index (χ0v) is 19.7. The molecule has 0 N–H and O–H groups in total. The quantitative estimate of drug-likeness (QED) is 0.425. The topological polar surface area (TPSA) is 112 Å². The Bertz CT molecular complexity index is 1260. The van der Waals surface area contributed by atoms with Crippen molar-refractivity contribution >= 4 is 22.0 Å². The molecule has 9 nitrogen and oxygen atoms in total. The van der Waals surface area contributed by atoms with E-state index >= 15 is 0 Å². The van der Waals surface area contributed by atoms with Gasteiger partial charge in [-0.1, -0.05) is 35.9 Å². The first-order valence-electron chi connectivity index (χ1n) is 10.2. The number of benzene rings is 2. The molecule has 0 saturated heterocycles. The van der Waals surface area contributed by atoms with Crippen molar-refractivity contribution in [2.24, 2.45) is 0 Å². The largest absolute Gasteiger partial charge is 0.468 e. The Hall–Kier alpha value is -3.76. The van der Waals surface area contributed by atoms with Crippen LogP contribution >= 0.6 is 0 Å². The second kappa shape index (κ2) is 10.9. The molecule has 0 aliphatic carbocycles. The van der Waals surface area contributed by atoms with Crippen molar-refractivity contribution in [2.75, 3.05) is 20.8 Å². The molecule has 3 rings (SSSR count). The average molecular weight is 485 g/mol. The molecule has 0 spiro atoms. The van der Waals surface area contributed by atoms with E-state index in [2.05, 4.69) is 9.72 Å². The van der Waals surface area contributed by atoms with E-state index in [4.69, 9.17) is 9.47 Å².